The maximum atomic E-state index is 12.4. The van der Waals surface area contributed by atoms with Crippen molar-refractivity contribution in [3.63, 3.8) is 0 Å². The van der Waals surface area contributed by atoms with Crippen molar-refractivity contribution in [2.75, 3.05) is 13.1 Å². The predicted octanol–water partition coefficient (Wildman–Crippen LogP) is 2.29. The van der Waals surface area contributed by atoms with Gasteiger partial charge in [0.25, 0.3) is 5.91 Å². The Kier molecular flexibility index (Phi) is 4.78. The van der Waals surface area contributed by atoms with Gasteiger partial charge in [-0.15, -0.1) is 0 Å². The summed E-state index contributed by atoms with van der Waals surface area (Å²) in [4.78, 5) is 26.1. The van der Waals surface area contributed by atoms with Gasteiger partial charge in [-0.3, -0.25) is 9.59 Å². The molecule has 1 aromatic rings. The number of aryl methyl sites for hydroxylation is 1. The minimum atomic E-state index is -0.0207. The average molecular weight is 286 g/mol. The van der Waals surface area contributed by atoms with E-state index in [1.54, 1.807) is 4.90 Å². The Balaban J connectivity index is 2.01. The lowest BCUT2D eigenvalue weighted by Crippen LogP contribution is -2.38. The van der Waals surface area contributed by atoms with Gasteiger partial charge in [0.1, 0.15) is 0 Å². The third-order valence-corrected chi connectivity index (χ3v) is 3.47. The topological polar surface area (TPSA) is 49.4 Å². The summed E-state index contributed by atoms with van der Waals surface area (Å²) in [5, 5.41) is 2.89. The molecule has 0 unspecified atom stereocenters. The monoisotopic (exact) mass is 286 g/mol. The molecular formula is C17H22N2O2. The van der Waals surface area contributed by atoms with E-state index in [2.05, 4.69) is 5.32 Å². The quantitative estimate of drug-likeness (QED) is 0.927. The molecule has 21 heavy (non-hydrogen) atoms. The number of benzene rings is 1. The summed E-state index contributed by atoms with van der Waals surface area (Å²) in [5.74, 6) is 0.00548. The van der Waals surface area contributed by atoms with E-state index in [9.17, 15) is 9.59 Å². The molecule has 4 heteroatoms. The fraction of sp³-hybridized carbons (Fsp3) is 0.412. The van der Waals surface area contributed by atoms with Crippen LogP contribution in [0.1, 0.15) is 36.2 Å². The molecular weight excluding hydrogens is 264 g/mol. The van der Waals surface area contributed by atoms with Gasteiger partial charge < -0.3 is 10.2 Å². The summed E-state index contributed by atoms with van der Waals surface area (Å²) < 4.78 is 0. The van der Waals surface area contributed by atoms with E-state index in [0.29, 0.717) is 25.1 Å². The van der Waals surface area contributed by atoms with Crippen LogP contribution in [0.3, 0.4) is 0 Å². The molecule has 1 aliphatic heterocycles. The molecule has 2 amide bonds. The molecule has 2 rings (SSSR count). The predicted molar refractivity (Wildman–Crippen MR) is 83.1 cm³/mol. The van der Waals surface area contributed by atoms with E-state index in [-0.39, 0.29) is 17.9 Å². The van der Waals surface area contributed by atoms with Crippen molar-refractivity contribution < 1.29 is 9.59 Å². The van der Waals surface area contributed by atoms with Crippen LogP contribution >= 0.6 is 0 Å². The van der Waals surface area contributed by atoms with E-state index in [1.165, 1.54) is 0 Å². The number of nitrogens with one attached hydrogen (secondary N) is 1. The van der Waals surface area contributed by atoms with Gasteiger partial charge >= 0.3 is 0 Å². The molecule has 0 atom stereocenters. The first-order valence-electron chi connectivity index (χ1n) is 7.33. The van der Waals surface area contributed by atoms with E-state index < -0.39 is 0 Å². The molecule has 0 aromatic heterocycles. The van der Waals surface area contributed by atoms with Gasteiger partial charge in [0.2, 0.25) is 5.91 Å². The van der Waals surface area contributed by atoms with Gasteiger partial charge in [-0.05, 0) is 39.3 Å². The fourth-order valence-corrected chi connectivity index (χ4v) is 2.38. The Bertz CT molecular complexity index is 576. The smallest absolute Gasteiger partial charge is 0.254 e. The lowest BCUT2D eigenvalue weighted by molar-refractivity contribution is -0.118. The van der Waals surface area contributed by atoms with Crippen LogP contribution in [0.5, 0.6) is 0 Å². The van der Waals surface area contributed by atoms with Crippen LogP contribution in [0, 0.1) is 6.92 Å². The van der Waals surface area contributed by atoms with Crippen LogP contribution < -0.4 is 5.32 Å². The van der Waals surface area contributed by atoms with Gasteiger partial charge in [0.05, 0.1) is 0 Å². The average Bonchev–Trinajstić information content (AvgIpc) is 2.46. The van der Waals surface area contributed by atoms with Crippen LogP contribution in [0.2, 0.25) is 0 Å². The highest BCUT2D eigenvalue weighted by molar-refractivity contribution is 5.96. The molecule has 0 fully saturated rings. The Hall–Kier alpha value is -2.10. The molecule has 1 aliphatic rings. The SMILES string of the molecule is Cc1cccc(C(=O)N2CC=C(C(=O)NC(C)C)CC2)c1. The molecule has 1 heterocycles. The first-order valence-corrected chi connectivity index (χ1v) is 7.33. The second-order valence-electron chi connectivity index (χ2n) is 5.73. The maximum absolute atomic E-state index is 12.4. The van der Waals surface area contributed by atoms with Crippen molar-refractivity contribution in [1.29, 1.82) is 0 Å². The lowest BCUT2D eigenvalue weighted by atomic mass is 10.1. The number of carbonyl (C=O) groups excluding carboxylic acids is 2. The third kappa shape index (κ3) is 3.94. The van der Waals surface area contributed by atoms with Gasteiger partial charge in [-0.25, -0.2) is 0 Å². The van der Waals surface area contributed by atoms with Gasteiger partial charge in [0, 0.05) is 30.3 Å². The summed E-state index contributed by atoms with van der Waals surface area (Å²) in [6.45, 7) is 6.93. The van der Waals surface area contributed by atoms with Gasteiger partial charge in [-0.1, -0.05) is 23.8 Å². The van der Waals surface area contributed by atoms with E-state index >= 15 is 0 Å². The number of nitrogens with zero attached hydrogens (tertiary/aromatic N) is 1. The summed E-state index contributed by atoms with van der Waals surface area (Å²) in [5.41, 5.74) is 2.56. The zero-order valence-electron chi connectivity index (χ0n) is 12.8. The highest BCUT2D eigenvalue weighted by Crippen LogP contribution is 2.15. The fourth-order valence-electron chi connectivity index (χ4n) is 2.38. The highest BCUT2D eigenvalue weighted by atomic mass is 16.2. The third-order valence-electron chi connectivity index (χ3n) is 3.47. The molecule has 4 nitrogen and oxygen atoms in total. The van der Waals surface area contributed by atoms with E-state index in [0.717, 1.165) is 11.1 Å². The van der Waals surface area contributed by atoms with Crippen molar-refractivity contribution >= 4 is 11.8 Å². The Morgan fingerprint density at radius 1 is 1.29 bits per heavy atom. The van der Waals surface area contributed by atoms with Crippen molar-refractivity contribution in [3.8, 4) is 0 Å². The zero-order chi connectivity index (χ0) is 15.4. The van der Waals surface area contributed by atoms with Gasteiger partial charge in [-0.2, -0.15) is 0 Å². The van der Waals surface area contributed by atoms with Crippen molar-refractivity contribution in [3.05, 3.63) is 47.0 Å². The molecule has 0 spiro atoms. The first kappa shape index (κ1) is 15.3. The Morgan fingerprint density at radius 3 is 2.62 bits per heavy atom. The van der Waals surface area contributed by atoms with Crippen LogP contribution in [-0.2, 0) is 4.79 Å². The second kappa shape index (κ2) is 6.57. The standard InChI is InChI=1S/C17H22N2O2/c1-12(2)18-16(20)14-7-9-19(10-8-14)17(21)15-6-4-5-13(3)11-15/h4-7,11-12H,8-10H2,1-3H3,(H,18,20). The molecule has 0 saturated carbocycles. The highest BCUT2D eigenvalue weighted by Gasteiger charge is 2.21. The number of hydrogen-bond donors (Lipinski definition) is 1. The molecule has 0 bridgehead atoms. The maximum Gasteiger partial charge on any atom is 0.254 e. The summed E-state index contributed by atoms with van der Waals surface area (Å²) >= 11 is 0. The molecule has 0 radical (unpaired) electrons. The van der Waals surface area contributed by atoms with E-state index in [1.807, 2.05) is 51.1 Å². The number of hydrogen-bond acceptors (Lipinski definition) is 2. The van der Waals surface area contributed by atoms with Crippen molar-refractivity contribution in [2.45, 2.75) is 33.2 Å². The summed E-state index contributed by atoms with van der Waals surface area (Å²) in [7, 11) is 0. The molecule has 0 aliphatic carbocycles. The molecule has 0 saturated heterocycles. The van der Waals surface area contributed by atoms with Crippen LogP contribution in [0.25, 0.3) is 0 Å². The summed E-state index contributed by atoms with van der Waals surface area (Å²) in [6, 6.07) is 7.73. The largest absolute Gasteiger partial charge is 0.350 e. The van der Waals surface area contributed by atoms with Crippen LogP contribution in [-0.4, -0.2) is 35.8 Å². The minimum absolute atomic E-state index is 0.0207. The first-order chi connectivity index (χ1) is 9.97. The number of carbonyl (C=O) groups is 2. The minimum Gasteiger partial charge on any atom is -0.350 e. The number of amides is 2. The Labute approximate surface area is 125 Å². The van der Waals surface area contributed by atoms with E-state index in [4.69, 9.17) is 0 Å². The van der Waals surface area contributed by atoms with Crippen LogP contribution in [0.4, 0.5) is 0 Å². The molecule has 1 N–H and O–H groups in total. The molecule has 112 valence electrons. The van der Waals surface area contributed by atoms with Gasteiger partial charge in [0.15, 0.2) is 0 Å². The van der Waals surface area contributed by atoms with Crippen molar-refractivity contribution in [2.24, 2.45) is 0 Å². The number of rotatable bonds is 3. The zero-order valence-corrected chi connectivity index (χ0v) is 12.8. The lowest BCUT2D eigenvalue weighted by Gasteiger charge is -2.26. The normalized spacial score (nSPS) is 14.9. The summed E-state index contributed by atoms with van der Waals surface area (Å²) in [6.07, 6.45) is 2.46. The second-order valence-corrected chi connectivity index (χ2v) is 5.73. The molecule has 1 aromatic carbocycles. The Morgan fingerprint density at radius 2 is 2.05 bits per heavy atom. The van der Waals surface area contributed by atoms with Crippen molar-refractivity contribution in [1.82, 2.24) is 10.2 Å². The van der Waals surface area contributed by atoms with Crippen LogP contribution in [0.15, 0.2) is 35.9 Å².